The number of nitrogens with zero attached hydrogens (tertiary/aromatic N) is 1. The molecule has 1 aromatic carbocycles. The highest BCUT2D eigenvalue weighted by Crippen LogP contribution is 2.29. The maximum Gasteiger partial charge on any atom is 0.416 e. The SMILES string of the molecule is CN(CC(=O)NCc1ccc(C(F)(F)F)cc1)S(=O)(=O)c1cccs1. The molecule has 0 saturated heterocycles. The Balaban J connectivity index is 1.90. The topological polar surface area (TPSA) is 66.5 Å². The molecule has 0 aliphatic heterocycles. The van der Waals surface area contributed by atoms with Gasteiger partial charge in [-0.3, -0.25) is 4.79 Å². The number of alkyl halides is 3. The molecule has 136 valence electrons. The number of benzene rings is 1. The molecular weight excluding hydrogens is 377 g/mol. The largest absolute Gasteiger partial charge is 0.416 e. The molecule has 0 aliphatic rings. The van der Waals surface area contributed by atoms with Gasteiger partial charge in [0, 0.05) is 13.6 Å². The number of thiophene rings is 1. The van der Waals surface area contributed by atoms with E-state index in [4.69, 9.17) is 0 Å². The highest BCUT2D eigenvalue weighted by atomic mass is 32.2. The van der Waals surface area contributed by atoms with E-state index in [1.807, 2.05) is 0 Å². The van der Waals surface area contributed by atoms with Crippen LogP contribution in [0.3, 0.4) is 0 Å². The van der Waals surface area contributed by atoms with Gasteiger partial charge in [0.05, 0.1) is 12.1 Å². The third-order valence-corrected chi connectivity index (χ3v) is 6.47. The van der Waals surface area contributed by atoms with Crippen LogP contribution < -0.4 is 5.32 Å². The average Bonchev–Trinajstić information content (AvgIpc) is 3.07. The van der Waals surface area contributed by atoms with Gasteiger partial charge >= 0.3 is 6.18 Å². The molecule has 0 fully saturated rings. The molecule has 1 aromatic heterocycles. The summed E-state index contributed by atoms with van der Waals surface area (Å²) in [4.78, 5) is 11.9. The van der Waals surface area contributed by atoms with Gasteiger partial charge < -0.3 is 5.32 Å². The minimum Gasteiger partial charge on any atom is -0.351 e. The number of nitrogens with one attached hydrogen (secondary N) is 1. The van der Waals surface area contributed by atoms with Crippen LogP contribution in [0.1, 0.15) is 11.1 Å². The Kier molecular flexibility index (Phi) is 5.86. The second-order valence-corrected chi connectivity index (χ2v) is 8.38. The van der Waals surface area contributed by atoms with Crippen molar-refractivity contribution < 1.29 is 26.4 Å². The van der Waals surface area contributed by atoms with Gasteiger partial charge in [0.1, 0.15) is 4.21 Å². The monoisotopic (exact) mass is 392 g/mol. The first-order valence-corrected chi connectivity index (χ1v) is 9.35. The number of hydrogen-bond acceptors (Lipinski definition) is 4. The number of hydrogen-bond donors (Lipinski definition) is 1. The van der Waals surface area contributed by atoms with Gasteiger partial charge in [-0.25, -0.2) is 8.42 Å². The molecule has 1 heterocycles. The minimum absolute atomic E-state index is 0.00383. The van der Waals surface area contributed by atoms with Crippen LogP contribution in [0.5, 0.6) is 0 Å². The molecule has 10 heteroatoms. The maximum atomic E-state index is 12.5. The number of likely N-dealkylation sites (N-methyl/N-ethyl adjacent to an activating group) is 1. The van der Waals surface area contributed by atoms with Crippen molar-refractivity contribution in [2.45, 2.75) is 16.9 Å². The molecule has 25 heavy (non-hydrogen) atoms. The molecule has 0 radical (unpaired) electrons. The number of carbonyl (C=O) groups is 1. The summed E-state index contributed by atoms with van der Waals surface area (Å²) in [5.41, 5.74) is -0.297. The smallest absolute Gasteiger partial charge is 0.351 e. The van der Waals surface area contributed by atoms with E-state index in [2.05, 4.69) is 5.32 Å². The highest BCUT2D eigenvalue weighted by Gasteiger charge is 2.30. The lowest BCUT2D eigenvalue weighted by Crippen LogP contribution is -2.37. The Labute approximate surface area is 147 Å². The van der Waals surface area contributed by atoms with E-state index in [-0.39, 0.29) is 17.3 Å². The summed E-state index contributed by atoms with van der Waals surface area (Å²) in [6.45, 7) is -0.384. The number of rotatable bonds is 6. The molecule has 2 rings (SSSR count). The zero-order chi connectivity index (χ0) is 18.7. The molecule has 0 atom stereocenters. The average molecular weight is 392 g/mol. The van der Waals surface area contributed by atoms with Gasteiger partial charge in [0.15, 0.2) is 0 Å². The van der Waals surface area contributed by atoms with Gasteiger partial charge in [-0.2, -0.15) is 17.5 Å². The fourth-order valence-electron chi connectivity index (χ4n) is 1.92. The minimum atomic E-state index is -4.42. The Bertz CT molecular complexity index is 817. The molecule has 2 aromatic rings. The number of amides is 1. The van der Waals surface area contributed by atoms with Crippen LogP contribution in [-0.4, -0.2) is 32.2 Å². The molecule has 0 spiro atoms. The predicted octanol–water partition coefficient (Wildman–Crippen LogP) is 2.70. The van der Waals surface area contributed by atoms with E-state index in [0.29, 0.717) is 5.56 Å². The number of carbonyl (C=O) groups excluding carboxylic acids is 1. The van der Waals surface area contributed by atoms with Crippen LogP contribution in [0.2, 0.25) is 0 Å². The van der Waals surface area contributed by atoms with Crippen LogP contribution in [0.4, 0.5) is 13.2 Å². The van der Waals surface area contributed by atoms with Crippen LogP contribution in [-0.2, 0) is 27.5 Å². The third-order valence-electron chi connectivity index (χ3n) is 3.30. The first-order chi connectivity index (χ1) is 11.6. The van der Waals surface area contributed by atoms with E-state index in [9.17, 15) is 26.4 Å². The van der Waals surface area contributed by atoms with Crippen LogP contribution >= 0.6 is 11.3 Å². The predicted molar refractivity (Wildman–Crippen MR) is 87.4 cm³/mol. The van der Waals surface area contributed by atoms with Gasteiger partial charge in [-0.05, 0) is 29.1 Å². The maximum absolute atomic E-state index is 12.5. The van der Waals surface area contributed by atoms with Gasteiger partial charge in [-0.1, -0.05) is 18.2 Å². The van der Waals surface area contributed by atoms with Gasteiger partial charge in [-0.15, -0.1) is 11.3 Å². The first kappa shape index (κ1) is 19.4. The van der Waals surface area contributed by atoms with Crippen molar-refractivity contribution >= 4 is 27.3 Å². The quantitative estimate of drug-likeness (QED) is 0.822. The standard InChI is InChI=1S/C15H15F3N2O3S2/c1-20(25(22,23)14-3-2-8-24-14)10-13(21)19-9-11-4-6-12(7-5-11)15(16,17)18/h2-8H,9-10H2,1H3,(H,19,21). The zero-order valence-electron chi connectivity index (χ0n) is 13.1. The van der Waals surface area contributed by atoms with E-state index in [1.165, 1.54) is 25.2 Å². The van der Waals surface area contributed by atoms with E-state index in [1.54, 1.807) is 11.4 Å². The van der Waals surface area contributed by atoms with Crippen molar-refractivity contribution in [3.63, 3.8) is 0 Å². The molecule has 0 unspecified atom stereocenters. The summed E-state index contributed by atoms with van der Waals surface area (Å²) in [5.74, 6) is -0.553. The Morgan fingerprint density at radius 3 is 2.36 bits per heavy atom. The molecule has 0 aliphatic carbocycles. The van der Waals surface area contributed by atoms with E-state index < -0.39 is 27.7 Å². The summed E-state index contributed by atoms with van der Waals surface area (Å²) in [5, 5.41) is 4.10. The van der Waals surface area contributed by atoms with Crippen LogP contribution in [0.15, 0.2) is 46.0 Å². The molecule has 5 nitrogen and oxygen atoms in total. The van der Waals surface area contributed by atoms with Crippen molar-refractivity contribution in [2.75, 3.05) is 13.6 Å². The normalized spacial score (nSPS) is 12.4. The second kappa shape index (κ2) is 7.54. The van der Waals surface area contributed by atoms with Crippen molar-refractivity contribution in [3.8, 4) is 0 Å². The van der Waals surface area contributed by atoms with Crippen molar-refractivity contribution in [2.24, 2.45) is 0 Å². The fourth-order valence-corrected chi connectivity index (χ4v) is 4.25. The zero-order valence-corrected chi connectivity index (χ0v) is 14.7. The number of sulfonamides is 1. The van der Waals surface area contributed by atoms with Crippen molar-refractivity contribution in [1.82, 2.24) is 9.62 Å². The third kappa shape index (κ3) is 5.03. The molecular formula is C15H15F3N2O3S2. The number of halogens is 3. The molecule has 0 bridgehead atoms. The van der Waals surface area contributed by atoms with Crippen molar-refractivity contribution in [1.29, 1.82) is 0 Å². The molecule has 1 N–H and O–H groups in total. The summed E-state index contributed by atoms with van der Waals surface area (Å²) in [6.07, 6.45) is -4.42. The summed E-state index contributed by atoms with van der Waals surface area (Å²) >= 11 is 1.05. The second-order valence-electron chi connectivity index (χ2n) is 5.16. The Morgan fingerprint density at radius 1 is 1.20 bits per heavy atom. The lowest BCUT2D eigenvalue weighted by Gasteiger charge is -2.15. The van der Waals surface area contributed by atoms with Crippen molar-refractivity contribution in [3.05, 3.63) is 52.9 Å². The highest BCUT2D eigenvalue weighted by molar-refractivity contribution is 7.91. The fraction of sp³-hybridized carbons (Fsp3) is 0.267. The van der Waals surface area contributed by atoms with Gasteiger partial charge in [0.2, 0.25) is 5.91 Å². The van der Waals surface area contributed by atoms with Crippen LogP contribution in [0.25, 0.3) is 0 Å². The van der Waals surface area contributed by atoms with E-state index >= 15 is 0 Å². The van der Waals surface area contributed by atoms with Gasteiger partial charge in [0.25, 0.3) is 10.0 Å². The van der Waals surface area contributed by atoms with E-state index in [0.717, 1.165) is 27.8 Å². The summed E-state index contributed by atoms with van der Waals surface area (Å²) in [6, 6.07) is 7.40. The first-order valence-electron chi connectivity index (χ1n) is 7.03. The summed E-state index contributed by atoms with van der Waals surface area (Å²) in [7, 11) is -2.45. The Morgan fingerprint density at radius 2 is 1.84 bits per heavy atom. The lowest BCUT2D eigenvalue weighted by atomic mass is 10.1. The molecule has 0 saturated carbocycles. The van der Waals surface area contributed by atoms with Crippen LogP contribution in [0, 0.1) is 0 Å². The lowest BCUT2D eigenvalue weighted by molar-refractivity contribution is -0.137. The Hall–Kier alpha value is -1.91. The summed E-state index contributed by atoms with van der Waals surface area (Å²) < 4.78 is 62.8. The molecule has 1 amide bonds.